The maximum atomic E-state index is 10.9. The predicted molar refractivity (Wildman–Crippen MR) is 63.4 cm³/mol. The Kier molecular flexibility index (Phi) is 2.55. The fourth-order valence-corrected chi connectivity index (χ4v) is 1.96. The van der Waals surface area contributed by atoms with E-state index in [1.165, 1.54) is 10.9 Å². The minimum Gasteiger partial charge on any atom is -0.298 e. The molecule has 0 saturated carbocycles. The highest BCUT2D eigenvalue weighted by Gasteiger charge is 2.06. The fraction of sp³-hybridized carbons (Fsp3) is 0.214. The normalized spacial score (nSPS) is 10.9. The third-order valence-electron chi connectivity index (χ3n) is 2.74. The maximum Gasteiger partial charge on any atom is 0.150 e. The number of carbonyl (C=O) groups is 1. The Hall–Kier alpha value is -1.63. The summed E-state index contributed by atoms with van der Waals surface area (Å²) in [4.78, 5) is 10.9. The van der Waals surface area contributed by atoms with E-state index in [1.54, 1.807) is 0 Å². The lowest BCUT2D eigenvalue weighted by atomic mass is 9.94. The van der Waals surface area contributed by atoms with Gasteiger partial charge in [-0.1, -0.05) is 50.2 Å². The van der Waals surface area contributed by atoms with Crippen LogP contribution in [0.3, 0.4) is 0 Å². The van der Waals surface area contributed by atoms with Gasteiger partial charge in [-0.15, -0.1) is 0 Å². The fourth-order valence-electron chi connectivity index (χ4n) is 1.96. The second kappa shape index (κ2) is 3.85. The van der Waals surface area contributed by atoms with Gasteiger partial charge in [-0.25, -0.2) is 0 Å². The van der Waals surface area contributed by atoms with E-state index in [9.17, 15) is 4.79 Å². The van der Waals surface area contributed by atoms with Crippen molar-refractivity contribution >= 4 is 17.1 Å². The molecule has 2 rings (SSSR count). The summed E-state index contributed by atoms with van der Waals surface area (Å²) < 4.78 is 0. The first-order valence-electron chi connectivity index (χ1n) is 5.21. The number of benzene rings is 2. The first kappa shape index (κ1) is 9.91. The maximum absolute atomic E-state index is 10.9. The topological polar surface area (TPSA) is 17.1 Å². The zero-order valence-electron chi connectivity index (χ0n) is 9.03. The number of hydrogen-bond donors (Lipinski definition) is 0. The van der Waals surface area contributed by atoms with Gasteiger partial charge in [0.25, 0.3) is 0 Å². The van der Waals surface area contributed by atoms with E-state index in [-0.39, 0.29) is 0 Å². The van der Waals surface area contributed by atoms with E-state index in [4.69, 9.17) is 0 Å². The van der Waals surface area contributed by atoms with Crippen molar-refractivity contribution in [2.75, 3.05) is 0 Å². The molecule has 0 fully saturated rings. The molecule has 0 heterocycles. The van der Waals surface area contributed by atoms with Crippen molar-refractivity contribution in [3.63, 3.8) is 0 Å². The standard InChI is InChI=1S/C14H14O/c1-10(2)12-6-4-7-13-11(9-15)5-3-8-14(12)13/h3-10H,1-2H3. The summed E-state index contributed by atoms with van der Waals surface area (Å²) in [7, 11) is 0. The van der Waals surface area contributed by atoms with Crippen LogP contribution in [0, 0.1) is 0 Å². The van der Waals surface area contributed by atoms with Crippen LogP contribution < -0.4 is 0 Å². The minimum atomic E-state index is 0.482. The van der Waals surface area contributed by atoms with Crippen LogP contribution in [0.1, 0.15) is 35.7 Å². The van der Waals surface area contributed by atoms with Crippen LogP contribution in [0.15, 0.2) is 36.4 Å². The van der Waals surface area contributed by atoms with Crippen LogP contribution in [0.2, 0.25) is 0 Å². The largest absolute Gasteiger partial charge is 0.298 e. The third kappa shape index (κ3) is 1.65. The van der Waals surface area contributed by atoms with Crippen LogP contribution in [0.25, 0.3) is 10.8 Å². The van der Waals surface area contributed by atoms with Crippen LogP contribution in [0.5, 0.6) is 0 Å². The second-order valence-corrected chi connectivity index (χ2v) is 4.06. The van der Waals surface area contributed by atoms with E-state index in [0.717, 1.165) is 17.2 Å². The number of fused-ring (bicyclic) bond motifs is 1. The monoisotopic (exact) mass is 198 g/mol. The SMILES string of the molecule is CC(C)c1cccc2c(C=O)cccc12. The second-order valence-electron chi connectivity index (χ2n) is 4.06. The predicted octanol–water partition coefficient (Wildman–Crippen LogP) is 3.78. The lowest BCUT2D eigenvalue weighted by Gasteiger charge is -2.10. The molecule has 0 spiro atoms. The Morgan fingerprint density at radius 1 is 1.00 bits per heavy atom. The van der Waals surface area contributed by atoms with Crippen molar-refractivity contribution in [2.24, 2.45) is 0 Å². The van der Waals surface area contributed by atoms with Crippen LogP contribution >= 0.6 is 0 Å². The third-order valence-corrected chi connectivity index (χ3v) is 2.74. The molecule has 0 radical (unpaired) electrons. The average molecular weight is 198 g/mol. The van der Waals surface area contributed by atoms with E-state index in [0.29, 0.717) is 5.92 Å². The van der Waals surface area contributed by atoms with Gasteiger partial charge in [0.1, 0.15) is 0 Å². The molecule has 0 aromatic heterocycles. The lowest BCUT2D eigenvalue weighted by molar-refractivity contribution is 0.112. The quantitative estimate of drug-likeness (QED) is 0.671. The van der Waals surface area contributed by atoms with E-state index >= 15 is 0 Å². The van der Waals surface area contributed by atoms with Gasteiger partial charge in [0, 0.05) is 5.56 Å². The summed E-state index contributed by atoms with van der Waals surface area (Å²) in [6.07, 6.45) is 0.923. The Bertz CT molecular complexity index is 498. The molecule has 0 aliphatic rings. The molecule has 0 amide bonds. The van der Waals surface area contributed by atoms with E-state index in [2.05, 4.69) is 26.0 Å². The molecular weight excluding hydrogens is 184 g/mol. The molecule has 15 heavy (non-hydrogen) atoms. The van der Waals surface area contributed by atoms with Gasteiger partial charge in [0.2, 0.25) is 0 Å². The number of rotatable bonds is 2. The van der Waals surface area contributed by atoms with Gasteiger partial charge in [0.05, 0.1) is 0 Å². The summed E-state index contributed by atoms with van der Waals surface area (Å²) in [5.74, 6) is 0.482. The van der Waals surface area contributed by atoms with Gasteiger partial charge >= 0.3 is 0 Å². The van der Waals surface area contributed by atoms with Crippen molar-refractivity contribution < 1.29 is 4.79 Å². The van der Waals surface area contributed by atoms with Crippen molar-refractivity contribution in [2.45, 2.75) is 19.8 Å². The summed E-state index contributed by atoms with van der Waals surface area (Å²) >= 11 is 0. The zero-order valence-corrected chi connectivity index (χ0v) is 9.03. The van der Waals surface area contributed by atoms with E-state index in [1.807, 2.05) is 24.3 Å². The average Bonchev–Trinajstić information content (AvgIpc) is 2.27. The number of aldehydes is 1. The molecule has 0 atom stereocenters. The number of carbonyl (C=O) groups excluding carboxylic acids is 1. The van der Waals surface area contributed by atoms with Gasteiger partial charge in [0.15, 0.2) is 6.29 Å². The molecule has 0 aliphatic heterocycles. The molecule has 2 aromatic carbocycles. The molecule has 1 heteroatoms. The summed E-state index contributed by atoms with van der Waals surface area (Å²) in [5, 5.41) is 2.25. The van der Waals surface area contributed by atoms with Crippen LogP contribution in [0.4, 0.5) is 0 Å². The highest BCUT2D eigenvalue weighted by molar-refractivity contribution is 5.99. The molecule has 0 unspecified atom stereocenters. The summed E-state index contributed by atoms with van der Waals surface area (Å²) in [6, 6.07) is 12.0. The lowest BCUT2D eigenvalue weighted by Crippen LogP contribution is -1.91. The molecule has 1 nitrogen and oxygen atoms in total. The molecule has 0 aliphatic carbocycles. The summed E-state index contributed by atoms with van der Waals surface area (Å²) in [5.41, 5.74) is 2.08. The number of hydrogen-bond acceptors (Lipinski definition) is 1. The Balaban J connectivity index is 2.82. The minimum absolute atomic E-state index is 0.482. The molecule has 0 saturated heterocycles. The molecule has 2 aromatic rings. The Morgan fingerprint density at radius 3 is 2.33 bits per heavy atom. The smallest absolute Gasteiger partial charge is 0.150 e. The van der Waals surface area contributed by atoms with Crippen molar-refractivity contribution in [1.29, 1.82) is 0 Å². The Morgan fingerprint density at radius 2 is 1.67 bits per heavy atom. The summed E-state index contributed by atoms with van der Waals surface area (Å²) in [6.45, 7) is 4.34. The molecule has 0 bridgehead atoms. The van der Waals surface area contributed by atoms with Crippen LogP contribution in [-0.4, -0.2) is 6.29 Å². The van der Waals surface area contributed by atoms with Gasteiger partial charge in [-0.3, -0.25) is 4.79 Å². The van der Waals surface area contributed by atoms with Gasteiger partial charge < -0.3 is 0 Å². The Labute approximate surface area is 89.7 Å². The van der Waals surface area contributed by atoms with Crippen molar-refractivity contribution in [3.05, 3.63) is 47.5 Å². The molecular formula is C14H14O. The first-order valence-corrected chi connectivity index (χ1v) is 5.21. The van der Waals surface area contributed by atoms with Crippen molar-refractivity contribution in [1.82, 2.24) is 0 Å². The first-order chi connectivity index (χ1) is 7.24. The highest BCUT2D eigenvalue weighted by Crippen LogP contribution is 2.26. The van der Waals surface area contributed by atoms with Crippen LogP contribution in [-0.2, 0) is 0 Å². The van der Waals surface area contributed by atoms with E-state index < -0.39 is 0 Å². The van der Waals surface area contributed by atoms with Gasteiger partial charge in [-0.05, 0) is 22.3 Å². The molecule has 0 N–H and O–H groups in total. The highest BCUT2D eigenvalue weighted by atomic mass is 16.1. The molecule has 76 valence electrons. The van der Waals surface area contributed by atoms with Gasteiger partial charge in [-0.2, -0.15) is 0 Å². The zero-order chi connectivity index (χ0) is 10.8. The van der Waals surface area contributed by atoms with Crippen molar-refractivity contribution in [3.8, 4) is 0 Å².